The second-order valence-electron chi connectivity index (χ2n) is 4.87. The van der Waals surface area contributed by atoms with Crippen molar-refractivity contribution in [2.24, 2.45) is 0 Å². The second kappa shape index (κ2) is 7.43. The Bertz CT molecular complexity index is 444. The number of rotatable bonds is 5. The highest BCUT2D eigenvalue weighted by molar-refractivity contribution is 7.95. The van der Waals surface area contributed by atoms with Gasteiger partial charge in [0, 0.05) is 29.1 Å². The number of unbranched alkanes of at least 4 members (excludes halogenated alkanes) is 1. The minimum absolute atomic E-state index is 0.216. The van der Waals surface area contributed by atoms with Crippen LogP contribution in [0.25, 0.3) is 0 Å². The van der Waals surface area contributed by atoms with E-state index in [-0.39, 0.29) is 17.0 Å². The fourth-order valence-corrected chi connectivity index (χ4v) is 2.93. The van der Waals surface area contributed by atoms with Crippen LogP contribution < -0.4 is 10.1 Å². The van der Waals surface area contributed by atoms with E-state index in [1.165, 1.54) is 10.5 Å². The Balaban J connectivity index is 2.74. The molecule has 0 aromatic heterocycles. The van der Waals surface area contributed by atoms with Crippen molar-refractivity contribution in [2.75, 3.05) is 19.1 Å². The van der Waals surface area contributed by atoms with Crippen LogP contribution in [-0.4, -0.2) is 25.1 Å². The van der Waals surface area contributed by atoms with Gasteiger partial charge in [-0.1, -0.05) is 13.3 Å². The van der Waals surface area contributed by atoms with Crippen LogP contribution in [0.2, 0.25) is 0 Å². The largest absolute Gasteiger partial charge is 0.412 e. The number of amides is 1. The van der Waals surface area contributed by atoms with E-state index in [1.807, 2.05) is 13.0 Å². The van der Waals surface area contributed by atoms with Crippen LogP contribution in [0.5, 0.6) is 5.75 Å². The molecule has 0 atom stereocenters. The Morgan fingerprint density at radius 2 is 1.95 bits per heavy atom. The Morgan fingerprint density at radius 3 is 2.53 bits per heavy atom. The molecule has 0 radical (unpaired) electrons. The number of hydrogen-bond acceptors (Lipinski definition) is 2. The van der Waals surface area contributed by atoms with E-state index in [0.29, 0.717) is 12.3 Å². The monoisotopic (exact) mass is 282 g/mol. The maximum Gasteiger partial charge on any atom is 0.412 e. The van der Waals surface area contributed by atoms with E-state index in [2.05, 4.69) is 37.7 Å². The summed E-state index contributed by atoms with van der Waals surface area (Å²) in [4.78, 5) is 13.0. The molecule has 4 heteroatoms. The number of carbonyl (C=O) groups excluding carboxylic acids is 1. The highest BCUT2D eigenvalue weighted by Crippen LogP contribution is 2.26. The molecule has 0 heterocycles. The number of benzene rings is 1. The van der Waals surface area contributed by atoms with Gasteiger partial charge >= 0.3 is 6.09 Å². The highest BCUT2D eigenvalue weighted by atomic mass is 32.2. The number of nitrogens with one attached hydrogen (secondary N) is 1. The molecule has 1 rings (SSSR count). The molecule has 1 aromatic carbocycles. The summed E-state index contributed by atoms with van der Waals surface area (Å²) in [5, 5.41) is 2.76. The third-order valence-corrected chi connectivity index (χ3v) is 4.23. The van der Waals surface area contributed by atoms with Gasteiger partial charge in [0.2, 0.25) is 0 Å². The molecule has 1 aromatic rings. The Hall–Kier alpha value is -1.16. The molecule has 1 N–H and O–H groups in total. The molecule has 0 fully saturated rings. The Labute approximate surface area is 119 Å². The SMILES string of the molecule is CCCCNC(=O)Oc1cc(C)c([S+](C)C)cc1C. The van der Waals surface area contributed by atoms with Gasteiger partial charge in [-0.15, -0.1) is 0 Å². The second-order valence-corrected chi connectivity index (χ2v) is 6.94. The highest BCUT2D eigenvalue weighted by Gasteiger charge is 2.16. The van der Waals surface area contributed by atoms with Gasteiger partial charge in [-0.25, -0.2) is 4.79 Å². The van der Waals surface area contributed by atoms with Gasteiger partial charge in [-0.2, -0.15) is 0 Å². The number of hydrogen-bond donors (Lipinski definition) is 1. The van der Waals surface area contributed by atoms with Crippen molar-refractivity contribution < 1.29 is 9.53 Å². The molecule has 0 saturated heterocycles. The molecule has 0 spiro atoms. The Kier molecular flexibility index (Phi) is 6.22. The summed E-state index contributed by atoms with van der Waals surface area (Å²) in [5.74, 6) is 0.653. The van der Waals surface area contributed by atoms with Crippen LogP contribution in [0.4, 0.5) is 4.79 Å². The molecule has 0 aliphatic heterocycles. The molecule has 0 aliphatic rings. The van der Waals surface area contributed by atoms with E-state index < -0.39 is 0 Å². The van der Waals surface area contributed by atoms with Crippen molar-refractivity contribution in [3.8, 4) is 5.75 Å². The molecule has 0 aliphatic carbocycles. The minimum Gasteiger partial charge on any atom is -0.410 e. The van der Waals surface area contributed by atoms with Gasteiger partial charge in [0.15, 0.2) is 4.90 Å². The minimum atomic E-state index is -0.365. The fourth-order valence-electron chi connectivity index (χ4n) is 1.82. The van der Waals surface area contributed by atoms with Gasteiger partial charge < -0.3 is 10.1 Å². The first kappa shape index (κ1) is 15.9. The summed E-state index contributed by atoms with van der Waals surface area (Å²) in [5.41, 5.74) is 2.18. The lowest BCUT2D eigenvalue weighted by Crippen LogP contribution is -2.27. The normalized spacial score (nSPS) is 10.6. The van der Waals surface area contributed by atoms with Crippen molar-refractivity contribution in [1.29, 1.82) is 0 Å². The molecule has 3 nitrogen and oxygen atoms in total. The lowest BCUT2D eigenvalue weighted by atomic mass is 10.1. The van der Waals surface area contributed by atoms with E-state index in [0.717, 1.165) is 18.4 Å². The van der Waals surface area contributed by atoms with Crippen molar-refractivity contribution >= 4 is 17.0 Å². The molecule has 0 saturated carbocycles. The van der Waals surface area contributed by atoms with Crippen LogP contribution >= 0.6 is 0 Å². The number of carbonyl (C=O) groups is 1. The first-order chi connectivity index (χ1) is 8.95. The Morgan fingerprint density at radius 1 is 1.26 bits per heavy atom. The third kappa shape index (κ3) is 4.78. The van der Waals surface area contributed by atoms with Crippen molar-refractivity contribution in [3.05, 3.63) is 23.3 Å². The molecular weight excluding hydrogens is 258 g/mol. The van der Waals surface area contributed by atoms with E-state index >= 15 is 0 Å². The zero-order valence-electron chi connectivity index (χ0n) is 12.5. The number of aryl methyl sites for hydroxylation is 2. The van der Waals surface area contributed by atoms with Crippen molar-refractivity contribution in [3.63, 3.8) is 0 Å². The smallest absolute Gasteiger partial charge is 0.410 e. The standard InChI is InChI=1S/C15H23NO2S/c1-6-7-8-16-15(17)18-13-9-12(3)14(19(4)5)10-11(13)2/h9-10H,6-8H2,1-5H3/p+1. The van der Waals surface area contributed by atoms with Gasteiger partial charge in [0.25, 0.3) is 0 Å². The van der Waals surface area contributed by atoms with Gasteiger partial charge in [-0.3, -0.25) is 0 Å². The molecule has 19 heavy (non-hydrogen) atoms. The summed E-state index contributed by atoms with van der Waals surface area (Å²) in [6.07, 6.45) is 6.05. The average Bonchev–Trinajstić information content (AvgIpc) is 2.33. The van der Waals surface area contributed by atoms with Crippen molar-refractivity contribution in [1.82, 2.24) is 5.32 Å². The predicted molar refractivity (Wildman–Crippen MR) is 82.3 cm³/mol. The maximum absolute atomic E-state index is 11.6. The van der Waals surface area contributed by atoms with Crippen LogP contribution in [-0.2, 0) is 10.9 Å². The summed E-state index contributed by atoms with van der Waals surface area (Å²) in [7, 11) is 0.216. The lowest BCUT2D eigenvalue weighted by Gasteiger charge is -2.11. The zero-order chi connectivity index (χ0) is 14.4. The summed E-state index contributed by atoms with van der Waals surface area (Å²) in [6, 6.07) is 4.07. The van der Waals surface area contributed by atoms with Crippen LogP contribution in [0.15, 0.2) is 17.0 Å². The fraction of sp³-hybridized carbons (Fsp3) is 0.533. The first-order valence-electron chi connectivity index (χ1n) is 6.60. The molecule has 0 bridgehead atoms. The average molecular weight is 282 g/mol. The van der Waals surface area contributed by atoms with Crippen LogP contribution in [0.1, 0.15) is 30.9 Å². The third-order valence-electron chi connectivity index (χ3n) is 2.91. The molecule has 106 valence electrons. The summed E-state index contributed by atoms with van der Waals surface area (Å²) in [6.45, 7) is 6.79. The topological polar surface area (TPSA) is 38.3 Å². The van der Waals surface area contributed by atoms with E-state index in [9.17, 15) is 4.79 Å². The summed E-state index contributed by atoms with van der Waals surface area (Å²) >= 11 is 0. The van der Waals surface area contributed by atoms with Gasteiger partial charge in [0.1, 0.15) is 18.3 Å². The van der Waals surface area contributed by atoms with E-state index in [1.54, 1.807) is 0 Å². The van der Waals surface area contributed by atoms with Gasteiger partial charge in [0.05, 0.1) is 0 Å². The first-order valence-corrected chi connectivity index (χ1v) is 8.64. The lowest BCUT2D eigenvalue weighted by molar-refractivity contribution is 0.200. The summed E-state index contributed by atoms with van der Waals surface area (Å²) < 4.78 is 5.36. The molecule has 1 amide bonds. The molecular formula is C15H24NO2S+. The maximum atomic E-state index is 11.6. The zero-order valence-corrected chi connectivity index (χ0v) is 13.3. The quantitative estimate of drug-likeness (QED) is 0.664. The van der Waals surface area contributed by atoms with E-state index in [4.69, 9.17) is 4.74 Å². The molecule has 0 unspecified atom stereocenters. The number of ether oxygens (including phenoxy) is 1. The van der Waals surface area contributed by atoms with Crippen molar-refractivity contribution in [2.45, 2.75) is 38.5 Å². The van der Waals surface area contributed by atoms with Crippen LogP contribution in [0, 0.1) is 13.8 Å². The van der Waals surface area contributed by atoms with Crippen LogP contribution in [0.3, 0.4) is 0 Å². The predicted octanol–water partition coefficient (Wildman–Crippen LogP) is 3.43. The van der Waals surface area contributed by atoms with Gasteiger partial charge in [-0.05, 0) is 31.9 Å².